The van der Waals surface area contributed by atoms with Crippen LogP contribution in [0.25, 0.3) is 0 Å². The van der Waals surface area contributed by atoms with Gasteiger partial charge in [0.05, 0.1) is 16.1 Å². The van der Waals surface area contributed by atoms with Gasteiger partial charge in [-0.1, -0.05) is 54.8 Å². The molecule has 3 rings (SSSR count). The molecule has 1 amide bonds. The Bertz CT molecular complexity index is 818. The molecule has 0 atom stereocenters. The molecule has 6 heteroatoms. The lowest BCUT2D eigenvalue weighted by Gasteiger charge is -2.27. The maximum Gasteiger partial charge on any atom is 0.317 e. The van der Waals surface area contributed by atoms with E-state index in [2.05, 4.69) is 5.32 Å². The van der Waals surface area contributed by atoms with Crippen molar-refractivity contribution in [2.45, 2.75) is 31.1 Å². The fourth-order valence-electron chi connectivity index (χ4n) is 3.43. The minimum Gasteiger partial charge on any atom is -0.455 e. The van der Waals surface area contributed by atoms with Crippen molar-refractivity contribution in [3.05, 3.63) is 64.9 Å². The average molecular weight is 376 g/mol. The van der Waals surface area contributed by atoms with Gasteiger partial charge in [0.25, 0.3) is 5.91 Å². The molecule has 0 heterocycles. The molecular formula is C20H19ClFNO3. The lowest BCUT2D eigenvalue weighted by Crippen LogP contribution is -2.37. The van der Waals surface area contributed by atoms with Crippen LogP contribution in [0.5, 0.6) is 0 Å². The van der Waals surface area contributed by atoms with Gasteiger partial charge in [-0.05, 0) is 31.0 Å². The van der Waals surface area contributed by atoms with Crippen molar-refractivity contribution < 1.29 is 18.7 Å². The van der Waals surface area contributed by atoms with E-state index in [4.69, 9.17) is 16.3 Å². The van der Waals surface area contributed by atoms with Crippen molar-refractivity contribution in [2.75, 3.05) is 11.9 Å². The number of para-hydroxylation sites is 1. The predicted molar refractivity (Wildman–Crippen MR) is 97.6 cm³/mol. The van der Waals surface area contributed by atoms with Crippen molar-refractivity contribution in [2.24, 2.45) is 0 Å². The monoisotopic (exact) mass is 375 g/mol. The van der Waals surface area contributed by atoms with Crippen LogP contribution in [0.15, 0.2) is 48.5 Å². The topological polar surface area (TPSA) is 55.4 Å². The Morgan fingerprint density at radius 3 is 2.42 bits per heavy atom. The number of rotatable bonds is 5. The van der Waals surface area contributed by atoms with Gasteiger partial charge in [0, 0.05) is 5.56 Å². The van der Waals surface area contributed by atoms with Crippen LogP contribution in [0.3, 0.4) is 0 Å². The van der Waals surface area contributed by atoms with Crippen LogP contribution in [-0.2, 0) is 19.7 Å². The predicted octanol–water partition coefficient (Wildman–Crippen LogP) is 4.47. The summed E-state index contributed by atoms with van der Waals surface area (Å²) in [5, 5.41) is 2.99. The Labute approximate surface area is 156 Å². The number of ether oxygens (including phenoxy) is 1. The summed E-state index contributed by atoms with van der Waals surface area (Å²) in [4.78, 5) is 24.8. The van der Waals surface area contributed by atoms with E-state index in [0.29, 0.717) is 29.1 Å². The Kier molecular flexibility index (Phi) is 5.57. The van der Waals surface area contributed by atoms with Crippen molar-refractivity contribution in [1.82, 2.24) is 0 Å². The van der Waals surface area contributed by atoms with Gasteiger partial charge in [-0.15, -0.1) is 0 Å². The zero-order valence-corrected chi connectivity index (χ0v) is 14.9. The number of carbonyl (C=O) groups is 2. The van der Waals surface area contributed by atoms with Crippen LogP contribution in [0, 0.1) is 5.82 Å². The SMILES string of the molecule is O=C(COC(=O)C1(c2ccccc2F)CCCC1)Nc1ccccc1Cl. The number of anilines is 1. The van der Waals surface area contributed by atoms with E-state index in [1.807, 2.05) is 0 Å². The third-order valence-electron chi connectivity index (χ3n) is 4.72. The van der Waals surface area contributed by atoms with Gasteiger partial charge in [-0.2, -0.15) is 0 Å². The molecule has 2 aromatic rings. The van der Waals surface area contributed by atoms with Gasteiger partial charge in [0.1, 0.15) is 5.82 Å². The summed E-state index contributed by atoms with van der Waals surface area (Å²) in [5.74, 6) is -1.48. The third kappa shape index (κ3) is 3.73. The highest BCUT2D eigenvalue weighted by molar-refractivity contribution is 6.33. The van der Waals surface area contributed by atoms with Crippen molar-refractivity contribution in [1.29, 1.82) is 0 Å². The highest BCUT2D eigenvalue weighted by atomic mass is 35.5. The zero-order chi connectivity index (χ0) is 18.6. The summed E-state index contributed by atoms with van der Waals surface area (Å²) in [6.07, 6.45) is 2.66. The fraction of sp³-hybridized carbons (Fsp3) is 0.300. The van der Waals surface area contributed by atoms with Crippen molar-refractivity contribution >= 4 is 29.2 Å². The number of benzene rings is 2. The van der Waals surface area contributed by atoms with E-state index in [1.54, 1.807) is 42.5 Å². The van der Waals surface area contributed by atoms with E-state index in [-0.39, 0.29) is 0 Å². The minimum absolute atomic E-state index is 0.342. The maximum absolute atomic E-state index is 14.3. The van der Waals surface area contributed by atoms with Gasteiger partial charge in [-0.25, -0.2) is 4.39 Å². The van der Waals surface area contributed by atoms with Crippen LogP contribution in [0.2, 0.25) is 5.02 Å². The smallest absolute Gasteiger partial charge is 0.317 e. The normalized spacial score (nSPS) is 15.5. The maximum atomic E-state index is 14.3. The molecule has 1 aliphatic carbocycles. The minimum atomic E-state index is -1.02. The second-order valence-corrected chi connectivity index (χ2v) is 6.78. The molecule has 4 nitrogen and oxygen atoms in total. The van der Waals surface area contributed by atoms with Crippen molar-refractivity contribution in [3.63, 3.8) is 0 Å². The summed E-state index contributed by atoms with van der Waals surface area (Å²) in [6, 6.07) is 13.0. The molecule has 0 bridgehead atoms. The van der Waals surface area contributed by atoms with Crippen LogP contribution in [-0.4, -0.2) is 18.5 Å². The molecule has 0 unspecified atom stereocenters. The molecule has 1 N–H and O–H groups in total. The Morgan fingerprint density at radius 2 is 1.73 bits per heavy atom. The first-order valence-electron chi connectivity index (χ1n) is 8.49. The van der Waals surface area contributed by atoms with Crippen LogP contribution in [0.1, 0.15) is 31.2 Å². The summed E-state index contributed by atoms with van der Waals surface area (Å²) >= 11 is 5.99. The van der Waals surface area contributed by atoms with Gasteiger partial charge in [0.15, 0.2) is 6.61 Å². The number of nitrogens with one attached hydrogen (secondary N) is 1. The van der Waals surface area contributed by atoms with Crippen LogP contribution < -0.4 is 5.32 Å². The third-order valence-corrected chi connectivity index (χ3v) is 5.05. The first-order valence-corrected chi connectivity index (χ1v) is 8.87. The van der Waals surface area contributed by atoms with E-state index in [1.165, 1.54) is 6.07 Å². The second kappa shape index (κ2) is 7.87. The lowest BCUT2D eigenvalue weighted by atomic mass is 9.78. The highest BCUT2D eigenvalue weighted by Gasteiger charge is 2.45. The number of amides is 1. The number of carbonyl (C=O) groups excluding carboxylic acids is 2. The van der Waals surface area contributed by atoms with E-state index < -0.39 is 29.7 Å². The second-order valence-electron chi connectivity index (χ2n) is 6.37. The molecular weight excluding hydrogens is 357 g/mol. The van der Waals surface area contributed by atoms with Gasteiger partial charge in [-0.3, -0.25) is 9.59 Å². The summed E-state index contributed by atoms with van der Waals surface area (Å²) in [5.41, 5.74) is -0.232. The summed E-state index contributed by atoms with van der Waals surface area (Å²) < 4.78 is 19.5. The molecule has 1 aliphatic rings. The Balaban J connectivity index is 1.69. The zero-order valence-electron chi connectivity index (χ0n) is 14.1. The largest absolute Gasteiger partial charge is 0.455 e. The Hall–Kier alpha value is -2.40. The molecule has 2 aromatic carbocycles. The van der Waals surface area contributed by atoms with Crippen LogP contribution in [0.4, 0.5) is 10.1 Å². The van der Waals surface area contributed by atoms with Gasteiger partial charge >= 0.3 is 5.97 Å². The summed E-state index contributed by atoms with van der Waals surface area (Å²) in [6.45, 7) is -0.444. The van der Waals surface area contributed by atoms with Gasteiger partial charge < -0.3 is 10.1 Å². The molecule has 136 valence electrons. The fourth-order valence-corrected chi connectivity index (χ4v) is 3.61. The molecule has 0 radical (unpaired) electrons. The molecule has 26 heavy (non-hydrogen) atoms. The van der Waals surface area contributed by atoms with Crippen LogP contribution >= 0.6 is 11.6 Å². The molecule has 0 aliphatic heterocycles. The summed E-state index contributed by atoms with van der Waals surface area (Å²) in [7, 11) is 0. The number of halogens is 2. The quantitative estimate of drug-likeness (QED) is 0.784. The van der Waals surface area contributed by atoms with Gasteiger partial charge in [0.2, 0.25) is 0 Å². The standard InChI is InChI=1S/C20H19ClFNO3/c21-15-8-2-4-10-17(15)23-18(24)13-26-19(25)20(11-5-6-12-20)14-7-1-3-9-16(14)22/h1-4,7-10H,5-6,11-13H2,(H,23,24). The Morgan fingerprint density at radius 1 is 1.08 bits per heavy atom. The van der Waals surface area contributed by atoms with E-state index in [9.17, 15) is 14.0 Å². The number of hydrogen-bond donors (Lipinski definition) is 1. The number of esters is 1. The van der Waals surface area contributed by atoms with E-state index in [0.717, 1.165) is 12.8 Å². The van der Waals surface area contributed by atoms with E-state index >= 15 is 0 Å². The molecule has 0 saturated heterocycles. The molecule has 0 aromatic heterocycles. The average Bonchev–Trinajstić information content (AvgIpc) is 3.13. The van der Waals surface area contributed by atoms with Crippen molar-refractivity contribution in [3.8, 4) is 0 Å². The molecule has 1 saturated carbocycles. The first-order chi connectivity index (χ1) is 12.5. The number of hydrogen-bond acceptors (Lipinski definition) is 3. The lowest BCUT2D eigenvalue weighted by molar-refractivity contribution is -0.153. The molecule has 0 spiro atoms. The molecule has 1 fully saturated rings. The first kappa shape index (κ1) is 18.4. The highest BCUT2D eigenvalue weighted by Crippen LogP contribution is 2.43.